The number of hydrogen-bond acceptors (Lipinski definition) is 5. The van der Waals surface area contributed by atoms with Gasteiger partial charge in [-0.3, -0.25) is 4.79 Å². The number of fused-ring (bicyclic) bond motifs is 1. The van der Waals surface area contributed by atoms with E-state index in [1.54, 1.807) is 39.2 Å². The maximum absolute atomic E-state index is 12.7. The zero-order valence-electron chi connectivity index (χ0n) is 17.9. The third kappa shape index (κ3) is 4.32. The largest absolute Gasteiger partial charge is 0.497 e. The lowest BCUT2D eigenvalue weighted by molar-refractivity contribution is -0.123. The summed E-state index contributed by atoms with van der Waals surface area (Å²) < 4.78 is 16.3. The van der Waals surface area contributed by atoms with Crippen LogP contribution >= 0.6 is 0 Å². The highest BCUT2D eigenvalue weighted by molar-refractivity contribution is 5.99. The summed E-state index contributed by atoms with van der Waals surface area (Å²) in [4.78, 5) is 25.3. The van der Waals surface area contributed by atoms with Crippen LogP contribution in [0.2, 0.25) is 0 Å². The first-order valence-corrected chi connectivity index (χ1v) is 10.0. The lowest BCUT2D eigenvalue weighted by Crippen LogP contribution is -2.30. The van der Waals surface area contributed by atoms with Crippen molar-refractivity contribution >= 4 is 28.5 Å². The van der Waals surface area contributed by atoms with Gasteiger partial charge in [-0.15, -0.1) is 0 Å². The zero-order chi connectivity index (χ0) is 21.8. The molecule has 2 aromatic carbocycles. The minimum absolute atomic E-state index is 0.0814. The molecule has 1 amide bonds. The van der Waals surface area contributed by atoms with Gasteiger partial charge in [0, 0.05) is 16.6 Å². The standard InChI is InChI=1S/C24H27NO5/c1-6-14(2)18-9-7-8-10-20(18)25-23(26)16(4)29-24(27)22-15(3)19-13-17(28-5)11-12-21(19)30-22/h7-14,16H,6H2,1-5H3,(H,25,26)/t14-,16+/m0/s1. The van der Waals surface area contributed by atoms with Gasteiger partial charge in [0.25, 0.3) is 5.91 Å². The summed E-state index contributed by atoms with van der Waals surface area (Å²) in [6, 6.07) is 12.9. The molecular weight excluding hydrogens is 382 g/mol. The van der Waals surface area contributed by atoms with Crippen LogP contribution in [0.15, 0.2) is 46.9 Å². The van der Waals surface area contributed by atoms with Crippen molar-refractivity contribution in [3.63, 3.8) is 0 Å². The molecule has 1 aromatic heterocycles. The number of esters is 1. The number of amides is 1. The Morgan fingerprint density at radius 3 is 2.57 bits per heavy atom. The second-order valence-corrected chi connectivity index (χ2v) is 7.35. The van der Waals surface area contributed by atoms with Gasteiger partial charge in [-0.25, -0.2) is 4.79 Å². The predicted octanol–water partition coefficient (Wildman–Crippen LogP) is 5.45. The molecule has 0 saturated heterocycles. The van der Waals surface area contributed by atoms with Crippen LogP contribution in [0.5, 0.6) is 5.75 Å². The number of rotatable bonds is 7. The van der Waals surface area contributed by atoms with Crippen LogP contribution < -0.4 is 10.1 Å². The van der Waals surface area contributed by atoms with Gasteiger partial charge in [0.05, 0.1) is 7.11 Å². The number of carbonyl (C=O) groups is 2. The maximum Gasteiger partial charge on any atom is 0.375 e. The smallest absolute Gasteiger partial charge is 0.375 e. The molecule has 0 aliphatic carbocycles. The molecule has 3 rings (SSSR count). The van der Waals surface area contributed by atoms with Crippen molar-refractivity contribution in [1.29, 1.82) is 0 Å². The molecule has 0 radical (unpaired) electrons. The van der Waals surface area contributed by atoms with Crippen molar-refractivity contribution in [2.24, 2.45) is 0 Å². The van der Waals surface area contributed by atoms with E-state index in [1.165, 1.54) is 0 Å². The fourth-order valence-corrected chi connectivity index (χ4v) is 3.28. The average Bonchev–Trinajstić information content (AvgIpc) is 3.09. The lowest BCUT2D eigenvalue weighted by atomic mass is 9.97. The molecule has 0 aliphatic heterocycles. The second kappa shape index (κ2) is 9.03. The maximum atomic E-state index is 12.7. The van der Waals surface area contributed by atoms with Crippen molar-refractivity contribution in [2.45, 2.75) is 46.1 Å². The lowest BCUT2D eigenvalue weighted by Gasteiger charge is -2.18. The summed E-state index contributed by atoms with van der Waals surface area (Å²) in [5, 5.41) is 3.64. The van der Waals surface area contributed by atoms with Crippen molar-refractivity contribution in [3.05, 3.63) is 59.4 Å². The Kier molecular flexibility index (Phi) is 6.45. The number of nitrogens with one attached hydrogen (secondary N) is 1. The fourth-order valence-electron chi connectivity index (χ4n) is 3.28. The van der Waals surface area contributed by atoms with Gasteiger partial charge in [-0.2, -0.15) is 0 Å². The minimum atomic E-state index is -0.982. The molecule has 0 aliphatic rings. The van der Waals surface area contributed by atoms with E-state index >= 15 is 0 Å². The molecule has 1 N–H and O–H groups in total. The molecule has 0 saturated carbocycles. The molecule has 3 aromatic rings. The van der Waals surface area contributed by atoms with Gasteiger partial charge in [-0.05, 0) is 56.0 Å². The van der Waals surface area contributed by atoms with Crippen LogP contribution in [-0.2, 0) is 9.53 Å². The predicted molar refractivity (Wildman–Crippen MR) is 116 cm³/mol. The zero-order valence-corrected chi connectivity index (χ0v) is 17.9. The summed E-state index contributed by atoms with van der Waals surface area (Å²) in [6.07, 6.45) is -0.0299. The molecule has 30 heavy (non-hydrogen) atoms. The van der Waals surface area contributed by atoms with Crippen LogP contribution in [0, 0.1) is 6.92 Å². The molecule has 6 heteroatoms. The van der Waals surface area contributed by atoms with E-state index in [-0.39, 0.29) is 5.76 Å². The summed E-state index contributed by atoms with van der Waals surface area (Å²) in [7, 11) is 1.57. The highest BCUT2D eigenvalue weighted by Gasteiger charge is 2.25. The molecule has 158 valence electrons. The number of anilines is 1. The number of carbonyl (C=O) groups excluding carboxylic acids is 2. The van der Waals surface area contributed by atoms with E-state index in [0.717, 1.165) is 23.1 Å². The van der Waals surface area contributed by atoms with Crippen LogP contribution in [0.4, 0.5) is 5.69 Å². The Hall–Kier alpha value is -3.28. The second-order valence-electron chi connectivity index (χ2n) is 7.35. The van der Waals surface area contributed by atoms with Crippen LogP contribution in [0.3, 0.4) is 0 Å². The Labute approximate surface area is 176 Å². The monoisotopic (exact) mass is 409 g/mol. The Morgan fingerprint density at radius 1 is 1.13 bits per heavy atom. The Balaban J connectivity index is 1.74. The molecule has 0 fully saturated rings. The highest BCUT2D eigenvalue weighted by Crippen LogP contribution is 2.30. The first-order valence-electron chi connectivity index (χ1n) is 10.0. The average molecular weight is 409 g/mol. The van der Waals surface area contributed by atoms with E-state index in [2.05, 4.69) is 19.2 Å². The Morgan fingerprint density at radius 2 is 1.87 bits per heavy atom. The molecule has 0 spiro atoms. The number of hydrogen-bond donors (Lipinski definition) is 1. The van der Waals surface area contributed by atoms with Crippen LogP contribution in [0.25, 0.3) is 11.0 Å². The SMILES string of the molecule is CC[C@H](C)c1ccccc1NC(=O)[C@@H](C)OC(=O)c1oc2ccc(OC)cc2c1C. The number of para-hydroxylation sites is 1. The molecule has 0 bridgehead atoms. The third-order valence-electron chi connectivity index (χ3n) is 5.34. The first kappa shape index (κ1) is 21.4. The van der Waals surface area contributed by atoms with Crippen LogP contribution in [0.1, 0.15) is 54.8 Å². The summed E-state index contributed by atoms with van der Waals surface area (Å²) >= 11 is 0. The van der Waals surface area contributed by atoms with Gasteiger partial charge in [-0.1, -0.05) is 32.0 Å². The van der Waals surface area contributed by atoms with Gasteiger partial charge in [0.15, 0.2) is 6.10 Å². The number of aryl methyl sites for hydroxylation is 1. The Bertz CT molecular complexity index is 1070. The molecule has 6 nitrogen and oxygen atoms in total. The van der Waals surface area contributed by atoms with Crippen molar-refractivity contribution in [2.75, 3.05) is 12.4 Å². The molecule has 0 unspecified atom stereocenters. The normalized spacial score (nSPS) is 13.0. The van der Waals surface area contributed by atoms with E-state index in [4.69, 9.17) is 13.9 Å². The molecular formula is C24H27NO5. The number of ether oxygens (including phenoxy) is 2. The summed E-state index contributed by atoms with van der Waals surface area (Å²) in [6.45, 7) is 7.52. The molecule has 1 heterocycles. The van der Waals surface area contributed by atoms with Crippen molar-refractivity contribution in [3.8, 4) is 5.75 Å². The topological polar surface area (TPSA) is 77.8 Å². The highest BCUT2D eigenvalue weighted by atomic mass is 16.6. The third-order valence-corrected chi connectivity index (χ3v) is 5.34. The van der Waals surface area contributed by atoms with E-state index in [1.807, 2.05) is 24.3 Å². The number of methoxy groups -OCH3 is 1. The minimum Gasteiger partial charge on any atom is -0.497 e. The van der Waals surface area contributed by atoms with Crippen LogP contribution in [-0.4, -0.2) is 25.1 Å². The van der Waals surface area contributed by atoms with Crippen molar-refractivity contribution < 1.29 is 23.5 Å². The van der Waals surface area contributed by atoms with Gasteiger partial charge < -0.3 is 19.2 Å². The van der Waals surface area contributed by atoms with Crippen molar-refractivity contribution in [1.82, 2.24) is 0 Å². The summed E-state index contributed by atoms with van der Waals surface area (Å²) in [5.41, 5.74) is 2.98. The first-order chi connectivity index (χ1) is 14.3. The van der Waals surface area contributed by atoms with E-state index < -0.39 is 18.0 Å². The molecule has 2 atom stereocenters. The fraction of sp³-hybridized carbons (Fsp3) is 0.333. The number of benzene rings is 2. The van der Waals surface area contributed by atoms with Gasteiger partial charge in [0.1, 0.15) is 11.3 Å². The number of furan rings is 1. The summed E-state index contributed by atoms with van der Waals surface area (Å²) in [5.74, 6) is -0.0263. The van der Waals surface area contributed by atoms with Gasteiger partial charge in [0.2, 0.25) is 5.76 Å². The quantitative estimate of drug-likeness (QED) is 0.525. The van der Waals surface area contributed by atoms with E-state index in [0.29, 0.717) is 22.8 Å². The van der Waals surface area contributed by atoms with Gasteiger partial charge >= 0.3 is 5.97 Å². The van der Waals surface area contributed by atoms with E-state index in [9.17, 15) is 9.59 Å².